The monoisotopic (exact) mass is 328 g/mol. The highest BCUT2D eigenvalue weighted by atomic mass is 32.1. The Balaban J connectivity index is 1.57. The van der Waals surface area contributed by atoms with E-state index in [1.54, 1.807) is 16.2 Å². The number of hydrogen-bond donors (Lipinski definition) is 0. The second-order valence-corrected chi connectivity index (χ2v) is 6.82. The van der Waals surface area contributed by atoms with Crippen LogP contribution in [0, 0.1) is 13.8 Å². The largest absolute Gasteiger partial charge is 0.445 e. The topological polar surface area (TPSA) is 42.4 Å². The van der Waals surface area contributed by atoms with Gasteiger partial charge in [-0.2, -0.15) is 0 Å². The van der Waals surface area contributed by atoms with Gasteiger partial charge in [0.25, 0.3) is 0 Å². The standard InChI is InChI=1S/C18H20N2O2S/c1-13-17(23-14(2)19-13)16-8-10-20(11-9-16)18(21)22-12-15-6-4-3-5-7-15/h3-8H,9-12H2,1-2H3. The van der Waals surface area contributed by atoms with Crippen LogP contribution in [0.4, 0.5) is 4.79 Å². The molecule has 23 heavy (non-hydrogen) atoms. The number of thiazole rings is 1. The molecule has 0 N–H and O–H groups in total. The highest BCUT2D eigenvalue weighted by Gasteiger charge is 2.21. The zero-order valence-corrected chi connectivity index (χ0v) is 14.2. The van der Waals surface area contributed by atoms with Gasteiger partial charge < -0.3 is 9.64 Å². The van der Waals surface area contributed by atoms with Crippen molar-refractivity contribution in [3.63, 3.8) is 0 Å². The molecule has 5 heteroatoms. The van der Waals surface area contributed by atoms with Crippen LogP contribution >= 0.6 is 11.3 Å². The number of aromatic nitrogens is 1. The van der Waals surface area contributed by atoms with Crippen molar-refractivity contribution in [1.82, 2.24) is 9.88 Å². The quantitative estimate of drug-likeness (QED) is 0.848. The Bertz CT molecular complexity index is 722. The van der Waals surface area contributed by atoms with Crippen LogP contribution in [0.1, 0.15) is 27.6 Å². The van der Waals surface area contributed by atoms with Gasteiger partial charge in [-0.1, -0.05) is 36.4 Å². The van der Waals surface area contributed by atoms with Crippen molar-refractivity contribution >= 4 is 23.0 Å². The first-order valence-corrected chi connectivity index (χ1v) is 8.54. The van der Waals surface area contributed by atoms with E-state index in [-0.39, 0.29) is 6.09 Å². The third kappa shape index (κ3) is 3.79. The summed E-state index contributed by atoms with van der Waals surface area (Å²) in [5, 5.41) is 1.09. The lowest BCUT2D eigenvalue weighted by atomic mass is 10.1. The van der Waals surface area contributed by atoms with Crippen LogP contribution in [0.15, 0.2) is 36.4 Å². The Labute approximate surface area is 140 Å². The van der Waals surface area contributed by atoms with Gasteiger partial charge in [-0.15, -0.1) is 11.3 Å². The van der Waals surface area contributed by atoms with E-state index in [1.165, 1.54) is 10.5 Å². The van der Waals surface area contributed by atoms with Crippen molar-refractivity contribution in [1.29, 1.82) is 0 Å². The Morgan fingerprint density at radius 1 is 1.30 bits per heavy atom. The first-order valence-electron chi connectivity index (χ1n) is 7.72. The second kappa shape index (κ2) is 6.96. The number of benzene rings is 1. The fraction of sp³-hybridized carbons (Fsp3) is 0.333. The maximum Gasteiger partial charge on any atom is 0.410 e. The molecule has 0 radical (unpaired) electrons. The molecule has 0 saturated carbocycles. The maximum atomic E-state index is 12.2. The summed E-state index contributed by atoms with van der Waals surface area (Å²) >= 11 is 1.72. The zero-order chi connectivity index (χ0) is 16.2. The van der Waals surface area contributed by atoms with Crippen molar-refractivity contribution in [2.75, 3.05) is 13.1 Å². The summed E-state index contributed by atoms with van der Waals surface area (Å²) < 4.78 is 5.38. The summed E-state index contributed by atoms with van der Waals surface area (Å²) in [6, 6.07) is 9.75. The lowest BCUT2D eigenvalue weighted by molar-refractivity contribution is 0.0998. The molecule has 1 aromatic heterocycles. The Hall–Kier alpha value is -2.14. The average Bonchev–Trinajstić information content (AvgIpc) is 2.92. The lowest BCUT2D eigenvalue weighted by Gasteiger charge is -2.25. The lowest BCUT2D eigenvalue weighted by Crippen LogP contribution is -2.35. The maximum absolute atomic E-state index is 12.2. The SMILES string of the molecule is Cc1nc(C)c(C2=CCN(C(=O)OCc3ccccc3)CC2)s1. The number of hydrogen-bond acceptors (Lipinski definition) is 4. The molecular weight excluding hydrogens is 308 g/mol. The molecule has 4 nitrogen and oxygen atoms in total. The van der Waals surface area contributed by atoms with Gasteiger partial charge >= 0.3 is 6.09 Å². The van der Waals surface area contributed by atoms with Gasteiger partial charge in [-0.3, -0.25) is 0 Å². The molecule has 0 unspecified atom stereocenters. The number of amides is 1. The van der Waals surface area contributed by atoms with Gasteiger partial charge in [-0.05, 0) is 31.4 Å². The molecule has 0 atom stereocenters. The van der Waals surface area contributed by atoms with E-state index in [2.05, 4.69) is 11.1 Å². The van der Waals surface area contributed by atoms with Crippen LogP contribution in [0.3, 0.4) is 0 Å². The van der Waals surface area contributed by atoms with Crippen molar-refractivity contribution in [2.45, 2.75) is 26.9 Å². The number of rotatable bonds is 3. The summed E-state index contributed by atoms with van der Waals surface area (Å²) in [4.78, 5) is 19.6. The van der Waals surface area contributed by atoms with Crippen LogP contribution in [-0.4, -0.2) is 29.1 Å². The van der Waals surface area contributed by atoms with Gasteiger partial charge in [0.1, 0.15) is 6.61 Å². The summed E-state index contributed by atoms with van der Waals surface area (Å²) in [6.45, 7) is 5.67. The van der Waals surface area contributed by atoms with Crippen LogP contribution < -0.4 is 0 Å². The summed E-state index contributed by atoms with van der Waals surface area (Å²) in [7, 11) is 0. The number of carbonyl (C=O) groups excluding carboxylic acids is 1. The molecule has 1 amide bonds. The first kappa shape index (κ1) is 15.7. The van der Waals surface area contributed by atoms with E-state index in [4.69, 9.17) is 4.74 Å². The Morgan fingerprint density at radius 2 is 2.09 bits per heavy atom. The summed E-state index contributed by atoms with van der Waals surface area (Å²) in [5.74, 6) is 0. The minimum Gasteiger partial charge on any atom is -0.445 e. The van der Waals surface area contributed by atoms with Gasteiger partial charge in [0.05, 0.1) is 15.6 Å². The molecule has 1 aliphatic rings. The minimum atomic E-state index is -0.249. The molecule has 1 aromatic carbocycles. The van der Waals surface area contributed by atoms with E-state index in [1.807, 2.05) is 44.2 Å². The third-order valence-corrected chi connectivity index (χ3v) is 5.02. The molecule has 0 saturated heterocycles. The molecule has 2 aromatic rings. The van der Waals surface area contributed by atoms with Crippen LogP contribution in [0.2, 0.25) is 0 Å². The van der Waals surface area contributed by atoms with Crippen LogP contribution in [0.5, 0.6) is 0 Å². The summed E-state index contributed by atoms with van der Waals surface area (Å²) in [6.07, 6.45) is 2.72. The van der Waals surface area contributed by atoms with Gasteiger partial charge in [0, 0.05) is 13.1 Å². The van der Waals surface area contributed by atoms with Gasteiger partial charge in [0.15, 0.2) is 0 Å². The smallest absolute Gasteiger partial charge is 0.410 e. The number of carbonyl (C=O) groups is 1. The molecule has 1 aliphatic heterocycles. The van der Waals surface area contributed by atoms with E-state index >= 15 is 0 Å². The predicted molar refractivity (Wildman–Crippen MR) is 92.4 cm³/mol. The van der Waals surface area contributed by atoms with Crippen molar-refractivity contribution in [3.8, 4) is 0 Å². The van der Waals surface area contributed by atoms with Crippen molar-refractivity contribution in [3.05, 3.63) is 57.6 Å². The zero-order valence-electron chi connectivity index (χ0n) is 13.4. The molecular formula is C18H20N2O2S. The third-order valence-electron chi connectivity index (χ3n) is 3.87. The van der Waals surface area contributed by atoms with E-state index in [9.17, 15) is 4.79 Å². The molecule has 2 heterocycles. The van der Waals surface area contributed by atoms with Crippen LogP contribution in [0.25, 0.3) is 5.57 Å². The summed E-state index contributed by atoms with van der Waals surface area (Å²) in [5.41, 5.74) is 3.38. The van der Waals surface area contributed by atoms with E-state index < -0.39 is 0 Å². The predicted octanol–water partition coefficient (Wildman–Crippen LogP) is 4.19. The second-order valence-electron chi connectivity index (χ2n) is 5.61. The first-order chi connectivity index (χ1) is 11.1. The van der Waals surface area contributed by atoms with Crippen LogP contribution in [-0.2, 0) is 11.3 Å². The Kier molecular flexibility index (Phi) is 4.76. The fourth-order valence-electron chi connectivity index (χ4n) is 2.68. The fourth-order valence-corrected chi connectivity index (χ4v) is 3.67. The minimum absolute atomic E-state index is 0.249. The molecule has 3 rings (SSSR count). The van der Waals surface area contributed by atoms with Crippen molar-refractivity contribution in [2.24, 2.45) is 0 Å². The molecule has 120 valence electrons. The Morgan fingerprint density at radius 3 is 2.70 bits per heavy atom. The number of aryl methyl sites for hydroxylation is 2. The highest BCUT2D eigenvalue weighted by Crippen LogP contribution is 2.30. The number of ether oxygens (including phenoxy) is 1. The van der Waals surface area contributed by atoms with E-state index in [0.29, 0.717) is 19.7 Å². The molecule has 0 fully saturated rings. The molecule has 0 aliphatic carbocycles. The van der Waals surface area contributed by atoms with Gasteiger partial charge in [0.2, 0.25) is 0 Å². The van der Waals surface area contributed by atoms with Gasteiger partial charge in [-0.25, -0.2) is 9.78 Å². The highest BCUT2D eigenvalue weighted by molar-refractivity contribution is 7.12. The average molecular weight is 328 g/mol. The molecule has 0 bridgehead atoms. The number of nitrogens with zero attached hydrogens (tertiary/aromatic N) is 2. The normalized spacial score (nSPS) is 14.5. The molecule has 0 spiro atoms. The van der Waals surface area contributed by atoms with Crippen molar-refractivity contribution < 1.29 is 9.53 Å². The van der Waals surface area contributed by atoms with E-state index in [0.717, 1.165) is 22.7 Å².